The number of methoxy groups -OCH3 is 1. The van der Waals surface area contributed by atoms with E-state index < -0.39 is 10.0 Å². The van der Waals surface area contributed by atoms with Gasteiger partial charge in [-0.1, -0.05) is 0 Å². The fourth-order valence-electron chi connectivity index (χ4n) is 1.95. The van der Waals surface area contributed by atoms with Crippen molar-refractivity contribution >= 4 is 21.4 Å². The lowest BCUT2D eigenvalue weighted by Gasteiger charge is -2.09. The van der Waals surface area contributed by atoms with Crippen molar-refractivity contribution in [2.24, 2.45) is 0 Å². The zero-order valence-electron chi connectivity index (χ0n) is 11.2. The van der Waals surface area contributed by atoms with Gasteiger partial charge in [-0.2, -0.15) is 0 Å². The smallest absolute Gasteiger partial charge is 0.261 e. The van der Waals surface area contributed by atoms with Crippen LogP contribution in [0.15, 0.2) is 59.9 Å². The van der Waals surface area contributed by atoms with Gasteiger partial charge < -0.3 is 9.14 Å². The molecule has 0 saturated heterocycles. The minimum atomic E-state index is -3.63. The maximum Gasteiger partial charge on any atom is 0.261 e. The van der Waals surface area contributed by atoms with E-state index in [2.05, 4.69) is 9.71 Å². The Morgan fingerprint density at radius 2 is 1.90 bits per heavy atom. The van der Waals surface area contributed by atoms with Gasteiger partial charge in [0.15, 0.2) is 0 Å². The molecule has 2 aromatic heterocycles. The molecule has 3 aromatic rings. The minimum Gasteiger partial charge on any atom is -0.497 e. The van der Waals surface area contributed by atoms with E-state index in [9.17, 15) is 8.42 Å². The molecule has 0 amide bonds. The number of hydrogen-bond acceptors (Lipinski definition) is 4. The Kier molecular flexibility index (Phi) is 3.26. The van der Waals surface area contributed by atoms with Crippen molar-refractivity contribution in [1.29, 1.82) is 0 Å². The fourth-order valence-corrected chi connectivity index (χ4v) is 2.99. The SMILES string of the molecule is COc1ccc(S(=O)(=O)Nc2ccc3nccn3c2)cc1. The van der Waals surface area contributed by atoms with Gasteiger partial charge in [0, 0.05) is 18.6 Å². The van der Waals surface area contributed by atoms with Crippen LogP contribution in [0.4, 0.5) is 5.69 Å². The summed E-state index contributed by atoms with van der Waals surface area (Å²) >= 11 is 0. The van der Waals surface area contributed by atoms with Crippen molar-refractivity contribution in [2.75, 3.05) is 11.8 Å². The summed E-state index contributed by atoms with van der Waals surface area (Å²) in [6, 6.07) is 9.62. The summed E-state index contributed by atoms with van der Waals surface area (Å²) in [5.41, 5.74) is 1.22. The molecule has 0 unspecified atom stereocenters. The molecule has 0 spiro atoms. The Balaban J connectivity index is 1.90. The molecule has 0 fully saturated rings. The fraction of sp³-hybridized carbons (Fsp3) is 0.0714. The number of pyridine rings is 1. The summed E-state index contributed by atoms with van der Waals surface area (Å²) in [6.07, 6.45) is 5.07. The molecule has 0 bridgehead atoms. The first-order valence-electron chi connectivity index (χ1n) is 6.18. The number of anilines is 1. The van der Waals surface area contributed by atoms with Gasteiger partial charge in [0.1, 0.15) is 11.4 Å². The largest absolute Gasteiger partial charge is 0.497 e. The van der Waals surface area contributed by atoms with E-state index in [0.29, 0.717) is 11.4 Å². The molecule has 3 rings (SSSR count). The van der Waals surface area contributed by atoms with Gasteiger partial charge in [-0.05, 0) is 36.4 Å². The Labute approximate surface area is 122 Å². The monoisotopic (exact) mass is 303 g/mol. The van der Waals surface area contributed by atoms with Crippen LogP contribution in [0.3, 0.4) is 0 Å². The Bertz CT molecular complexity index is 870. The highest BCUT2D eigenvalue weighted by molar-refractivity contribution is 7.92. The highest BCUT2D eigenvalue weighted by Crippen LogP contribution is 2.19. The number of rotatable bonds is 4. The lowest BCUT2D eigenvalue weighted by atomic mass is 10.3. The molecule has 7 heteroatoms. The summed E-state index contributed by atoms with van der Waals surface area (Å²) in [5, 5.41) is 0. The first-order chi connectivity index (χ1) is 10.1. The minimum absolute atomic E-state index is 0.175. The normalized spacial score (nSPS) is 11.5. The van der Waals surface area contributed by atoms with Gasteiger partial charge in [-0.3, -0.25) is 4.72 Å². The second-order valence-corrected chi connectivity index (χ2v) is 6.07. The number of hydrogen-bond donors (Lipinski definition) is 1. The highest BCUT2D eigenvalue weighted by Gasteiger charge is 2.14. The van der Waals surface area contributed by atoms with E-state index in [-0.39, 0.29) is 4.90 Å². The van der Waals surface area contributed by atoms with E-state index in [1.807, 2.05) is 0 Å². The number of imidazole rings is 1. The van der Waals surface area contributed by atoms with Crippen LogP contribution in [0, 0.1) is 0 Å². The number of nitrogens with one attached hydrogen (secondary N) is 1. The molecule has 2 heterocycles. The molecular weight excluding hydrogens is 290 g/mol. The van der Waals surface area contributed by atoms with Crippen LogP contribution in [0.25, 0.3) is 5.65 Å². The van der Waals surface area contributed by atoms with Crippen LogP contribution in [0.5, 0.6) is 5.75 Å². The molecule has 0 aliphatic carbocycles. The molecular formula is C14H13N3O3S. The van der Waals surface area contributed by atoms with Crippen molar-refractivity contribution in [3.8, 4) is 5.75 Å². The van der Waals surface area contributed by atoms with Crippen molar-refractivity contribution < 1.29 is 13.2 Å². The van der Waals surface area contributed by atoms with Gasteiger partial charge in [0.2, 0.25) is 0 Å². The van der Waals surface area contributed by atoms with Crippen molar-refractivity contribution in [3.05, 3.63) is 55.0 Å². The molecule has 1 aromatic carbocycles. The predicted octanol–water partition coefficient (Wildman–Crippen LogP) is 2.14. The van der Waals surface area contributed by atoms with Gasteiger partial charge in [-0.25, -0.2) is 13.4 Å². The predicted molar refractivity (Wildman–Crippen MR) is 79.0 cm³/mol. The Morgan fingerprint density at radius 1 is 1.14 bits per heavy atom. The summed E-state index contributed by atoms with van der Waals surface area (Å²) in [5.74, 6) is 0.605. The van der Waals surface area contributed by atoms with Gasteiger partial charge in [-0.15, -0.1) is 0 Å². The molecule has 0 aliphatic heterocycles. The van der Waals surface area contributed by atoms with E-state index in [1.165, 1.54) is 19.2 Å². The number of nitrogens with zero attached hydrogens (tertiary/aromatic N) is 2. The van der Waals surface area contributed by atoms with Crippen molar-refractivity contribution in [3.63, 3.8) is 0 Å². The van der Waals surface area contributed by atoms with Crippen LogP contribution in [0.2, 0.25) is 0 Å². The Morgan fingerprint density at radius 3 is 2.62 bits per heavy atom. The van der Waals surface area contributed by atoms with Crippen LogP contribution in [0.1, 0.15) is 0 Å². The quantitative estimate of drug-likeness (QED) is 0.801. The first-order valence-corrected chi connectivity index (χ1v) is 7.66. The van der Waals surface area contributed by atoms with Gasteiger partial charge in [0.05, 0.1) is 17.7 Å². The van der Waals surface area contributed by atoms with Crippen LogP contribution in [-0.4, -0.2) is 24.9 Å². The summed E-state index contributed by atoms with van der Waals surface area (Å²) < 4.78 is 33.9. The zero-order valence-corrected chi connectivity index (χ0v) is 12.0. The number of ether oxygens (including phenoxy) is 1. The standard InChI is InChI=1S/C14H13N3O3S/c1-20-12-3-5-13(6-4-12)21(18,19)16-11-2-7-14-15-8-9-17(14)10-11/h2-10,16H,1H3. The molecule has 0 aliphatic rings. The van der Waals surface area contributed by atoms with Gasteiger partial charge in [0.25, 0.3) is 10.0 Å². The first kappa shape index (κ1) is 13.4. The molecule has 0 saturated carbocycles. The maximum atomic E-state index is 12.3. The molecule has 1 N–H and O–H groups in total. The highest BCUT2D eigenvalue weighted by atomic mass is 32.2. The van der Waals surface area contributed by atoms with Crippen LogP contribution >= 0.6 is 0 Å². The molecule has 21 heavy (non-hydrogen) atoms. The molecule has 6 nitrogen and oxygen atoms in total. The Hall–Kier alpha value is -2.54. The van der Waals surface area contributed by atoms with E-state index in [0.717, 1.165) is 5.65 Å². The molecule has 0 radical (unpaired) electrons. The lowest BCUT2D eigenvalue weighted by molar-refractivity contribution is 0.414. The third-order valence-electron chi connectivity index (χ3n) is 3.01. The number of fused-ring (bicyclic) bond motifs is 1. The van der Waals surface area contributed by atoms with Crippen molar-refractivity contribution in [2.45, 2.75) is 4.90 Å². The van der Waals surface area contributed by atoms with E-state index in [4.69, 9.17) is 4.74 Å². The third-order valence-corrected chi connectivity index (χ3v) is 4.41. The second-order valence-electron chi connectivity index (χ2n) is 4.39. The molecule has 108 valence electrons. The summed E-state index contributed by atoms with van der Waals surface area (Å²) in [6.45, 7) is 0. The summed E-state index contributed by atoms with van der Waals surface area (Å²) in [4.78, 5) is 4.28. The van der Waals surface area contributed by atoms with E-state index >= 15 is 0 Å². The molecule has 0 atom stereocenters. The topological polar surface area (TPSA) is 72.7 Å². The van der Waals surface area contributed by atoms with Crippen LogP contribution < -0.4 is 9.46 Å². The summed E-state index contributed by atoms with van der Waals surface area (Å²) in [7, 11) is -2.10. The van der Waals surface area contributed by atoms with E-state index in [1.54, 1.807) is 47.3 Å². The van der Waals surface area contributed by atoms with Crippen molar-refractivity contribution in [1.82, 2.24) is 9.38 Å². The number of sulfonamides is 1. The number of aromatic nitrogens is 2. The lowest BCUT2D eigenvalue weighted by Crippen LogP contribution is -2.13. The zero-order chi connectivity index (χ0) is 14.9. The second kappa shape index (κ2) is 5.10. The maximum absolute atomic E-state index is 12.3. The average molecular weight is 303 g/mol. The van der Waals surface area contributed by atoms with Crippen LogP contribution in [-0.2, 0) is 10.0 Å². The van der Waals surface area contributed by atoms with Gasteiger partial charge >= 0.3 is 0 Å². The number of benzene rings is 1. The third kappa shape index (κ3) is 2.68. The average Bonchev–Trinajstić information content (AvgIpc) is 2.94.